The van der Waals surface area contributed by atoms with Crippen LogP contribution in [0.3, 0.4) is 0 Å². The van der Waals surface area contributed by atoms with Crippen molar-refractivity contribution in [1.82, 2.24) is 0 Å². The molecule has 0 aliphatic carbocycles. The molecule has 0 aliphatic rings. The minimum atomic E-state index is -0.620. The highest BCUT2D eigenvalue weighted by molar-refractivity contribution is 5.69. The molecule has 0 N–H and O–H groups in total. The third-order valence-electron chi connectivity index (χ3n) is 2.57. The number of hydrogen-bond acceptors (Lipinski definition) is 4. The molecule has 4 heteroatoms. The molecule has 1 unspecified atom stereocenters. The molecule has 0 heterocycles. The minimum absolute atomic E-state index is 0.217. The fourth-order valence-corrected chi connectivity index (χ4v) is 1.51. The fourth-order valence-electron chi connectivity index (χ4n) is 1.51. The lowest BCUT2D eigenvalue weighted by Crippen LogP contribution is -2.18. The highest BCUT2D eigenvalue weighted by Gasteiger charge is 2.09. The predicted octanol–water partition coefficient (Wildman–Crippen LogP) is 3.98. The average molecular weight is 260 g/mol. The van der Waals surface area contributed by atoms with Crippen LogP contribution in [-0.2, 0) is 19.3 Å². The molecule has 0 saturated carbocycles. The molecule has 18 heavy (non-hydrogen) atoms. The van der Waals surface area contributed by atoms with Gasteiger partial charge in [-0.15, -0.1) is 0 Å². The van der Waals surface area contributed by atoms with Gasteiger partial charge in [-0.25, -0.2) is 4.89 Å². The monoisotopic (exact) mass is 260 g/mol. The molecule has 4 nitrogen and oxygen atoms in total. The second-order valence-electron chi connectivity index (χ2n) is 4.49. The standard InChI is InChI=1S/C14H28O4/c1-4-6-8-10-12-16-18-13(3)17-14(15)11-9-7-5-2/h13H,4-12H2,1-3H3. The van der Waals surface area contributed by atoms with Gasteiger partial charge in [0.15, 0.2) is 0 Å². The average Bonchev–Trinajstić information content (AvgIpc) is 2.34. The van der Waals surface area contributed by atoms with Gasteiger partial charge in [-0.1, -0.05) is 46.0 Å². The van der Waals surface area contributed by atoms with Crippen molar-refractivity contribution >= 4 is 5.97 Å². The predicted molar refractivity (Wildman–Crippen MR) is 70.9 cm³/mol. The van der Waals surface area contributed by atoms with Crippen LogP contribution >= 0.6 is 0 Å². The van der Waals surface area contributed by atoms with Crippen LogP contribution in [0.1, 0.15) is 72.1 Å². The van der Waals surface area contributed by atoms with Crippen LogP contribution in [0.2, 0.25) is 0 Å². The zero-order chi connectivity index (χ0) is 13.6. The number of carbonyl (C=O) groups excluding carboxylic acids is 1. The molecular formula is C14H28O4. The number of esters is 1. The summed E-state index contributed by atoms with van der Waals surface area (Å²) in [4.78, 5) is 21.3. The maximum absolute atomic E-state index is 11.3. The number of ether oxygens (including phenoxy) is 1. The molecule has 0 radical (unpaired) electrons. The Bertz CT molecular complexity index is 194. The van der Waals surface area contributed by atoms with E-state index in [0.29, 0.717) is 13.0 Å². The molecule has 108 valence electrons. The molecule has 0 amide bonds. The van der Waals surface area contributed by atoms with Gasteiger partial charge in [0.1, 0.15) is 0 Å². The summed E-state index contributed by atoms with van der Waals surface area (Å²) in [5, 5.41) is 0. The van der Waals surface area contributed by atoms with E-state index < -0.39 is 6.29 Å². The maximum Gasteiger partial charge on any atom is 0.308 e. The first-order chi connectivity index (χ1) is 8.70. The van der Waals surface area contributed by atoms with Crippen LogP contribution in [0, 0.1) is 0 Å². The number of rotatable bonds is 12. The first-order valence-corrected chi connectivity index (χ1v) is 7.18. The molecule has 0 rings (SSSR count). The van der Waals surface area contributed by atoms with Crippen molar-refractivity contribution in [3.8, 4) is 0 Å². The molecule has 1 atom stereocenters. The van der Waals surface area contributed by atoms with E-state index in [4.69, 9.17) is 14.5 Å². The van der Waals surface area contributed by atoms with Crippen LogP contribution in [0.5, 0.6) is 0 Å². The van der Waals surface area contributed by atoms with Gasteiger partial charge in [-0.2, -0.15) is 4.89 Å². The molecular weight excluding hydrogens is 232 g/mol. The maximum atomic E-state index is 11.3. The second-order valence-corrected chi connectivity index (χ2v) is 4.49. The molecule has 0 aliphatic heterocycles. The molecule has 0 fully saturated rings. The lowest BCUT2D eigenvalue weighted by atomic mass is 10.2. The SMILES string of the molecule is CCCCCCOOC(C)OC(=O)CCCCC. The van der Waals surface area contributed by atoms with Gasteiger partial charge in [-0.05, 0) is 12.8 Å². The van der Waals surface area contributed by atoms with Gasteiger partial charge < -0.3 is 4.74 Å². The Kier molecular flexibility index (Phi) is 12.4. The van der Waals surface area contributed by atoms with Gasteiger partial charge in [0.05, 0.1) is 6.61 Å². The van der Waals surface area contributed by atoms with E-state index in [1.54, 1.807) is 6.92 Å². The van der Waals surface area contributed by atoms with Crippen molar-refractivity contribution in [2.75, 3.05) is 6.61 Å². The van der Waals surface area contributed by atoms with E-state index in [-0.39, 0.29) is 5.97 Å². The van der Waals surface area contributed by atoms with Gasteiger partial charge in [0, 0.05) is 13.3 Å². The van der Waals surface area contributed by atoms with E-state index in [9.17, 15) is 4.79 Å². The van der Waals surface area contributed by atoms with Gasteiger partial charge in [0.2, 0.25) is 6.29 Å². The first kappa shape index (κ1) is 17.4. The number of carbonyl (C=O) groups is 1. The van der Waals surface area contributed by atoms with Gasteiger partial charge in [0.25, 0.3) is 0 Å². The zero-order valence-corrected chi connectivity index (χ0v) is 12.1. The number of hydrogen-bond donors (Lipinski definition) is 0. The molecule has 0 saturated heterocycles. The highest BCUT2D eigenvalue weighted by Crippen LogP contribution is 2.04. The third kappa shape index (κ3) is 11.9. The van der Waals surface area contributed by atoms with Crippen LogP contribution < -0.4 is 0 Å². The van der Waals surface area contributed by atoms with Crippen LogP contribution in [0.25, 0.3) is 0 Å². The highest BCUT2D eigenvalue weighted by atomic mass is 17.2. The molecule has 0 aromatic rings. The zero-order valence-electron chi connectivity index (χ0n) is 12.1. The molecule has 0 spiro atoms. The summed E-state index contributed by atoms with van der Waals surface area (Å²) in [5.74, 6) is -0.217. The molecule has 0 aromatic carbocycles. The minimum Gasteiger partial charge on any atom is -0.433 e. The molecule has 0 bridgehead atoms. The summed E-state index contributed by atoms with van der Waals surface area (Å²) in [5.41, 5.74) is 0. The van der Waals surface area contributed by atoms with Crippen molar-refractivity contribution in [3.63, 3.8) is 0 Å². The second kappa shape index (κ2) is 12.8. The van der Waals surface area contributed by atoms with E-state index >= 15 is 0 Å². The Balaban J connectivity index is 3.35. The lowest BCUT2D eigenvalue weighted by molar-refractivity contribution is -0.365. The normalized spacial score (nSPS) is 12.4. The van der Waals surface area contributed by atoms with Crippen molar-refractivity contribution in [3.05, 3.63) is 0 Å². The molecule has 0 aromatic heterocycles. The first-order valence-electron chi connectivity index (χ1n) is 7.18. The van der Waals surface area contributed by atoms with Crippen molar-refractivity contribution in [1.29, 1.82) is 0 Å². The topological polar surface area (TPSA) is 44.8 Å². The quantitative estimate of drug-likeness (QED) is 0.175. The third-order valence-corrected chi connectivity index (χ3v) is 2.57. The summed E-state index contributed by atoms with van der Waals surface area (Å²) < 4.78 is 5.04. The smallest absolute Gasteiger partial charge is 0.308 e. The van der Waals surface area contributed by atoms with Crippen LogP contribution in [0.4, 0.5) is 0 Å². The van der Waals surface area contributed by atoms with Crippen molar-refractivity contribution in [2.45, 2.75) is 78.4 Å². The Morgan fingerprint density at radius 2 is 1.67 bits per heavy atom. The van der Waals surface area contributed by atoms with Gasteiger partial charge >= 0.3 is 5.97 Å². The van der Waals surface area contributed by atoms with Crippen LogP contribution in [0.15, 0.2) is 0 Å². The van der Waals surface area contributed by atoms with Gasteiger partial charge in [-0.3, -0.25) is 4.79 Å². The lowest BCUT2D eigenvalue weighted by Gasteiger charge is -2.12. The Labute approximate surface area is 111 Å². The summed E-state index contributed by atoms with van der Waals surface area (Å²) in [6.07, 6.45) is 7.40. The Hall–Kier alpha value is -0.610. The summed E-state index contributed by atoms with van der Waals surface area (Å²) >= 11 is 0. The van der Waals surface area contributed by atoms with Crippen molar-refractivity contribution < 1.29 is 19.3 Å². The van der Waals surface area contributed by atoms with E-state index in [1.807, 2.05) is 0 Å². The van der Waals surface area contributed by atoms with Crippen molar-refractivity contribution in [2.24, 2.45) is 0 Å². The Morgan fingerprint density at radius 3 is 2.33 bits per heavy atom. The van der Waals surface area contributed by atoms with E-state index in [0.717, 1.165) is 32.1 Å². The number of unbranched alkanes of at least 4 members (excludes halogenated alkanes) is 5. The summed E-state index contributed by atoms with van der Waals surface area (Å²) in [6, 6.07) is 0. The van der Waals surface area contributed by atoms with E-state index in [2.05, 4.69) is 13.8 Å². The van der Waals surface area contributed by atoms with Crippen LogP contribution in [-0.4, -0.2) is 18.9 Å². The summed E-state index contributed by atoms with van der Waals surface area (Å²) in [7, 11) is 0. The summed E-state index contributed by atoms with van der Waals surface area (Å²) in [6.45, 7) is 6.49. The largest absolute Gasteiger partial charge is 0.433 e. The van der Waals surface area contributed by atoms with E-state index in [1.165, 1.54) is 12.8 Å². The Morgan fingerprint density at radius 1 is 1.00 bits per heavy atom. The fraction of sp³-hybridized carbons (Fsp3) is 0.929.